The summed E-state index contributed by atoms with van der Waals surface area (Å²) in [6.45, 7) is 7.60. The third-order valence-corrected chi connectivity index (χ3v) is 4.63. The van der Waals surface area contributed by atoms with E-state index in [2.05, 4.69) is 29.0 Å². The van der Waals surface area contributed by atoms with Crippen LogP contribution in [-0.2, 0) is 11.3 Å². The van der Waals surface area contributed by atoms with Gasteiger partial charge in [0.15, 0.2) is 0 Å². The Hall–Kier alpha value is -1.74. The van der Waals surface area contributed by atoms with Gasteiger partial charge >= 0.3 is 12.6 Å². The normalized spacial score (nSPS) is 21.8. The highest BCUT2D eigenvalue weighted by atomic mass is 19.3. The maximum Gasteiger partial charge on any atom is 0.319 e. The quantitative estimate of drug-likeness (QED) is 0.831. The van der Waals surface area contributed by atoms with Crippen LogP contribution in [-0.4, -0.2) is 69.8 Å². The molecule has 1 aliphatic rings. The number of alkyl halides is 2. The first-order valence-electron chi connectivity index (χ1n) is 8.79. The number of nitrogens with zero attached hydrogens (tertiary/aromatic N) is 4. The monoisotopic (exact) mass is 373 g/mol. The smallest absolute Gasteiger partial charge is 0.319 e. The molecule has 0 bridgehead atoms. The molecule has 2 heterocycles. The standard InChI is InChI=1S/C17H29F2N5O2/c1-12-8-23(9-13(2)26-12)17(3,4)11-21-16(25)22(5)10-14-20-6-7-24(14)15(18)19/h6-7,12-13,15H,8-11H2,1-5H3,(H,21,25). The average molecular weight is 373 g/mol. The van der Waals surface area contributed by atoms with E-state index in [1.165, 1.54) is 17.3 Å². The van der Waals surface area contributed by atoms with Crippen molar-refractivity contribution in [1.29, 1.82) is 0 Å². The first-order chi connectivity index (χ1) is 12.1. The largest absolute Gasteiger partial charge is 0.373 e. The van der Waals surface area contributed by atoms with Crippen LogP contribution in [0.15, 0.2) is 12.4 Å². The summed E-state index contributed by atoms with van der Waals surface area (Å²) in [5.74, 6) is 0.146. The second-order valence-electron chi connectivity index (χ2n) is 7.52. The van der Waals surface area contributed by atoms with Crippen LogP contribution in [0.1, 0.15) is 40.1 Å². The number of urea groups is 1. The molecule has 2 amide bonds. The Balaban J connectivity index is 1.89. The van der Waals surface area contributed by atoms with Crippen molar-refractivity contribution in [2.45, 2.75) is 58.5 Å². The van der Waals surface area contributed by atoms with Crippen molar-refractivity contribution in [3.05, 3.63) is 18.2 Å². The predicted octanol–water partition coefficient (Wildman–Crippen LogP) is 2.31. The molecule has 2 unspecified atom stereocenters. The molecular weight excluding hydrogens is 344 g/mol. The van der Waals surface area contributed by atoms with Gasteiger partial charge in [0.25, 0.3) is 0 Å². The molecule has 0 aromatic carbocycles. The fraction of sp³-hybridized carbons (Fsp3) is 0.765. The van der Waals surface area contributed by atoms with Crippen LogP contribution in [0.4, 0.5) is 13.6 Å². The van der Waals surface area contributed by atoms with Crippen LogP contribution in [0, 0.1) is 0 Å². The van der Waals surface area contributed by atoms with Gasteiger partial charge in [-0.05, 0) is 27.7 Å². The number of carbonyl (C=O) groups is 1. The number of carbonyl (C=O) groups excluding carboxylic acids is 1. The van der Waals surface area contributed by atoms with Crippen LogP contribution in [0.3, 0.4) is 0 Å². The molecule has 0 saturated carbocycles. The number of nitrogens with one attached hydrogen (secondary N) is 1. The summed E-state index contributed by atoms with van der Waals surface area (Å²) >= 11 is 0. The van der Waals surface area contributed by atoms with Gasteiger partial charge in [-0.15, -0.1) is 0 Å². The summed E-state index contributed by atoms with van der Waals surface area (Å²) in [4.78, 5) is 19.9. The summed E-state index contributed by atoms with van der Waals surface area (Å²) in [5.41, 5.74) is -0.246. The number of aromatic nitrogens is 2. The number of ether oxygens (including phenoxy) is 1. The molecule has 1 fully saturated rings. The third-order valence-electron chi connectivity index (χ3n) is 4.63. The van der Waals surface area contributed by atoms with Crippen molar-refractivity contribution < 1.29 is 18.3 Å². The molecule has 0 radical (unpaired) electrons. The first kappa shape index (κ1) is 20.6. The van der Waals surface area contributed by atoms with Gasteiger partial charge in [-0.1, -0.05) is 0 Å². The predicted molar refractivity (Wildman–Crippen MR) is 94.0 cm³/mol. The molecule has 26 heavy (non-hydrogen) atoms. The van der Waals surface area contributed by atoms with Gasteiger partial charge in [0.2, 0.25) is 0 Å². The number of morpholine rings is 1. The first-order valence-corrected chi connectivity index (χ1v) is 8.79. The minimum Gasteiger partial charge on any atom is -0.373 e. The third kappa shape index (κ3) is 5.14. The SMILES string of the molecule is CC1CN(C(C)(C)CNC(=O)N(C)Cc2nccn2C(F)F)CC(C)O1. The van der Waals surface area contributed by atoms with Gasteiger partial charge in [-0.2, -0.15) is 8.78 Å². The number of hydrogen-bond acceptors (Lipinski definition) is 4. The fourth-order valence-corrected chi connectivity index (χ4v) is 3.14. The zero-order valence-corrected chi connectivity index (χ0v) is 16.1. The Morgan fingerprint density at radius 1 is 1.42 bits per heavy atom. The van der Waals surface area contributed by atoms with E-state index in [-0.39, 0.29) is 36.1 Å². The van der Waals surface area contributed by atoms with Crippen LogP contribution in [0.2, 0.25) is 0 Å². The lowest BCUT2D eigenvalue weighted by molar-refractivity contribution is -0.0948. The molecule has 1 aliphatic heterocycles. The Bertz CT molecular complexity index is 598. The lowest BCUT2D eigenvalue weighted by Crippen LogP contribution is -2.59. The van der Waals surface area contributed by atoms with Gasteiger partial charge in [0, 0.05) is 44.6 Å². The number of halogens is 2. The summed E-state index contributed by atoms with van der Waals surface area (Å²) < 4.78 is 32.3. The fourth-order valence-electron chi connectivity index (χ4n) is 3.14. The van der Waals surface area contributed by atoms with E-state index in [4.69, 9.17) is 4.74 Å². The molecule has 1 N–H and O–H groups in total. The van der Waals surface area contributed by atoms with Gasteiger partial charge in [0.05, 0.1) is 18.8 Å². The van der Waals surface area contributed by atoms with Crippen molar-refractivity contribution in [3.63, 3.8) is 0 Å². The van der Waals surface area contributed by atoms with E-state index in [0.717, 1.165) is 17.7 Å². The van der Waals surface area contributed by atoms with Crippen molar-refractivity contribution in [2.24, 2.45) is 0 Å². The molecule has 1 aromatic heterocycles. The molecule has 0 spiro atoms. The molecule has 2 atom stereocenters. The second kappa shape index (κ2) is 8.30. The van der Waals surface area contributed by atoms with E-state index in [0.29, 0.717) is 6.54 Å². The minimum absolute atomic E-state index is 0.00915. The lowest BCUT2D eigenvalue weighted by atomic mass is 10.00. The number of hydrogen-bond donors (Lipinski definition) is 1. The molecule has 1 saturated heterocycles. The van der Waals surface area contributed by atoms with E-state index >= 15 is 0 Å². The highest BCUT2D eigenvalue weighted by molar-refractivity contribution is 5.73. The maximum absolute atomic E-state index is 12.9. The summed E-state index contributed by atoms with van der Waals surface area (Å²) in [5, 5.41) is 2.89. The lowest BCUT2D eigenvalue weighted by Gasteiger charge is -2.45. The Morgan fingerprint density at radius 3 is 2.62 bits per heavy atom. The van der Waals surface area contributed by atoms with Crippen molar-refractivity contribution in [3.8, 4) is 0 Å². The van der Waals surface area contributed by atoms with Crippen LogP contribution >= 0.6 is 0 Å². The van der Waals surface area contributed by atoms with Crippen LogP contribution in [0.5, 0.6) is 0 Å². The van der Waals surface area contributed by atoms with Gasteiger partial charge in [-0.3, -0.25) is 9.47 Å². The van der Waals surface area contributed by atoms with Crippen LogP contribution < -0.4 is 5.32 Å². The highest BCUT2D eigenvalue weighted by Gasteiger charge is 2.33. The highest BCUT2D eigenvalue weighted by Crippen LogP contribution is 2.21. The van der Waals surface area contributed by atoms with Gasteiger partial charge in [0.1, 0.15) is 5.82 Å². The van der Waals surface area contributed by atoms with E-state index in [1.54, 1.807) is 7.05 Å². The molecule has 1 aromatic rings. The molecule has 2 rings (SSSR count). The molecule has 0 aliphatic carbocycles. The van der Waals surface area contributed by atoms with Gasteiger partial charge < -0.3 is 15.0 Å². The molecular formula is C17H29F2N5O2. The van der Waals surface area contributed by atoms with E-state index in [9.17, 15) is 13.6 Å². The Kier molecular flexibility index (Phi) is 6.57. The van der Waals surface area contributed by atoms with Crippen molar-refractivity contribution in [2.75, 3.05) is 26.7 Å². The number of rotatable bonds is 6. The topological polar surface area (TPSA) is 62.6 Å². The average Bonchev–Trinajstić information content (AvgIpc) is 3.00. The van der Waals surface area contributed by atoms with E-state index < -0.39 is 6.55 Å². The van der Waals surface area contributed by atoms with E-state index in [1.807, 2.05) is 13.8 Å². The zero-order valence-electron chi connectivity index (χ0n) is 16.1. The molecule has 7 nitrogen and oxygen atoms in total. The molecule has 9 heteroatoms. The van der Waals surface area contributed by atoms with Crippen molar-refractivity contribution in [1.82, 2.24) is 24.7 Å². The Labute approximate surface area is 153 Å². The van der Waals surface area contributed by atoms with Crippen LogP contribution in [0.25, 0.3) is 0 Å². The Morgan fingerprint density at radius 2 is 2.04 bits per heavy atom. The summed E-state index contributed by atoms with van der Waals surface area (Å²) in [6.07, 6.45) is 2.79. The number of imidazole rings is 1. The van der Waals surface area contributed by atoms with Gasteiger partial charge in [-0.25, -0.2) is 9.78 Å². The summed E-state index contributed by atoms with van der Waals surface area (Å²) in [6, 6.07) is -0.323. The molecule has 148 valence electrons. The summed E-state index contributed by atoms with van der Waals surface area (Å²) in [7, 11) is 1.56. The minimum atomic E-state index is -2.67. The number of amides is 2. The zero-order chi connectivity index (χ0) is 19.5. The second-order valence-corrected chi connectivity index (χ2v) is 7.52. The maximum atomic E-state index is 12.9. The van der Waals surface area contributed by atoms with Crippen molar-refractivity contribution >= 4 is 6.03 Å².